The Kier molecular flexibility index (Phi) is 4.76. The Hall–Kier alpha value is -2.47. The average Bonchev–Trinajstić information content (AvgIpc) is 2.56. The van der Waals surface area contributed by atoms with E-state index in [1.54, 1.807) is 30.3 Å². The molecular weight excluding hydrogens is 328 g/mol. The summed E-state index contributed by atoms with van der Waals surface area (Å²) in [5.74, 6) is -0.167. The van der Waals surface area contributed by atoms with E-state index in [0.29, 0.717) is 22.4 Å². The van der Waals surface area contributed by atoms with Gasteiger partial charge in [0, 0.05) is 11.6 Å². The number of hydrogen-bond acceptors (Lipinski definition) is 4. The number of para-hydroxylation sites is 1. The molecule has 3 nitrogen and oxygen atoms in total. The maximum atomic E-state index is 13.8. The van der Waals surface area contributed by atoms with Gasteiger partial charge in [-0.25, -0.2) is 18.7 Å². The van der Waals surface area contributed by atoms with Gasteiger partial charge in [0.05, 0.1) is 11.4 Å². The lowest BCUT2D eigenvalue weighted by Gasteiger charge is -2.11. The monoisotopic (exact) mass is 343 g/mol. The second-order valence-corrected chi connectivity index (χ2v) is 5.96. The molecule has 0 bridgehead atoms. The van der Waals surface area contributed by atoms with E-state index in [1.807, 2.05) is 13.2 Å². The van der Waals surface area contributed by atoms with Crippen molar-refractivity contribution in [2.45, 2.75) is 12.1 Å². The van der Waals surface area contributed by atoms with Gasteiger partial charge in [-0.1, -0.05) is 23.9 Å². The Morgan fingerprint density at radius 1 is 1.00 bits per heavy atom. The van der Waals surface area contributed by atoms with Crippen molar-refractivity contribution >= 4 is 23.3 Å². The van der Waals surface area contributed by atoms with Gasteiger partial charge >= 0.3 is 0 Å². The van der Waals surface area contributed by atoms with Gasteiger partial charge in [-0.2, -0.15) is 0 Å². The van der Waals surface area contributed by atoms with Crippen LogP contribution in [0.1, 0.15) is 5.56 Å². The van der Waals surface area contributed by atoms with Crippen molar-refractivity contribution in [3.05, 3.63) is 65.7 Å². The quantitative estimate of drug-likeness (QED) is 0.522. The molecule has 0 spiro atoms. The van der Waals surface area contributed by atoms with E-state index in [1.165, 1.54) is 30.0 Å². The third-order valence-corrected chi connectivity index (χ3v) is 4.04. The number of hydrogen-bond donors (Lipinski definition) is 1. The Balaban J connectivity index is 2.04. The van der Waals surface area contributed by atoms with Crippen molar-refractivity contribution in [3.8, 4) is 11.3 Å². The minimum atomic E-state index is -0.360. The molecule has 0 unspecified atom stereocenters. The Morgan fingerprint density at radius 3 is 2.50 bits per heavy atom. The van der Waals surface area contributed by atoms with Crippen LogP contribution in [0.5, 0.6) is 0 Å². The number of halogens is 2. The molecule has 3 aromatic rings. The molecule has 2 aromatic carbocycles. The number of anilines is 2. The normalized spacial score (nSPS) is 10.7. The smallest absolute Gasteiger partial charge is 0.189 e. The summed E-state index contributed by atoms with van der Waals surface area (Å²) in [6.07, 6.45) is 1.86. The van der Waals surface area contributed by atoms with E-state index in [9.17, 15) is 8.78 Å². The summed E-state index contributed by atoms with van der Waals surface area (Å²) >= 11 is 1.39. The molecule has 0 aliphatic carbocycles. The maximum Gasteiger partial charge on any atom is 0.189 e. The van der Waals surface area contributed by atoms with E-state index in [0.717, 1.165) is 11.1 Å². The van der Waals surface area contributed by atoms with Crippen molar-refractivity contribution in [3.63, 3.8) is 0 Å². The lowest BCUT2D eigenvalue weighted by Crippen LogP contribution is -2.00. The fourth-order valence-corrected chi connectivity index (χ4v) is 2.71. The van der Waals surface area contributed by atoms with Gasteiger partial charge < -0.3 is 5.32 Å². The molecular formula is C18H15F2N3S. The number of aryl methyl sites for hydroxylation is 1. The minimum absolute atomic E-state index is 0.292. The third-order valence-electron chi connectivity index (χ3n) is 3.49. The van der Waals surface area contributed by atoms with Crippen LogP contribution >= 0.6 is 11.8 Å². The highest BCUT2D eigenvalue weighted by Gasteiger charge is 2.10. The zero-order valence-corrected chi connectivity index (χ0v) is 14.0. The summed E-state index contributed by atoms with van der Waals surface area (Å²) in [6.45, 7) is 1.82. The van der Waals surface area contributed by atoms with Crippen LogP contribution in [0, 0.1) is 18.6 Å². The Labute approximate surface area is 143 Å². The molecule has 24 heavy (non-hydrogen) atoms. The first-order valence-corrected chi connectivity index (χ1v) is 8.50. The molecule has 1 aromatic heterocycles. The summed E-state index contributed by atoms with van der Waals surface area (Å²) < 4.78 is 27.2. The highest BCUT2D eigenvalue weighted by molar-refractivity contribution is 7.98. The molecule has 0 amide bonds. The van der Waals surface area contributed by atoms with Gasteiger partial charge in [0.2, 0.25) is 0 Å². The van der Waals surface area contributed by atoms with E-state index in [-0.39, 0.29) is 11.6 Å². The first kappa shape index (κ1) is 16.4. The van der Waals surface area contributed by atoms with Crippen LogP contribution in [0.4, 0.5) is 20.3 Å². The highest BCUT2D eigenvalue weighted by Crippen LogP contribution is 2.28. The molecule has 6 heteroatoms. The van der Waals surface area contributed by atoms with Crippen LogP contribution < -0.4 is 5.32 Å². The Bertz CT molecular complexity index is 884. The molecule has 1 heterocycles. The fraction of sp³-hybridized carbons (Fsp3) is 0.111. The number of benzene rings is 2. The van der Waals surface area contributed by atoms with Gasteiger partial charge in [0.25, 0.3) is 0 Å². The highest BCUT2D eigenvalue weighted by atomic mass is 32.2. The molecule has 1 N–H and O–H groups in total. The molecule has 0 radical (unpaired) electrons. The number of nitrogens with one attached hydrogen (secondary N) is 1. The molecule has 122 valence electrons. The number of aromatic nitrogens is 2. The predicted molar refractivity (Wildman–Crippen MR) is 93.6 cm³/mol. The first-order chi connectivity index (χ1) is 11.6. The topological polar surface area (TPSA) is 37.8 Å². The number of thioether (sulfide) groups is 1. The summed E-state index contributed by atoms with van der Waals surface area (Å²) in [6, 6.07) is 12.7. The molecule has 0 saturated carbocycles. The van der Waals surface area contributed by atoms with Crippen LogP contribution in [0.2, 0.25) is 0 Å². The molecule has 0 fully saturated rings. The first-order valence-electron chi connectivity index (χ1n) is 7.28. The van der Waals surface area contributed by atoms with Gasteiger partial charge in [0.1, 0.15) is 17.5 Å². The maximum absolute atomic E-state index is 13.8. The second kappa shape index (κ2) is 6.97. The van der Waals surface area contributed by atoms with Crippen LogP contribution in [-0.4, -0.2) is 16.2 Å². The Morgan fingerprint density at radius 2 is 1.79 bits per heavy atom. The van der Waals surface area contributed by atoms with Crippen molar-refractivity contribution < 1.29 is 8.78 Å². The lowest BCUT2D eigenvalue weighted by molar-refractivity contribution is 0.627. The van der Waals surface area contributed by atoms with Crippen LogP contribution in [-0.2, 0) is 0 Å². The van der Waals surface area contributed by atoms with E-state index >= 15 is 0 Å². The summed E-state index contributed by atoms with van der Waals surface area (Å²) in [5.41, 5.74) is 2.58. The van der Waals surface area contributed by atoms with Crippen molar-refractivity contribution in [1.29, 1.82) is 0 Å². The number of rotatable bonds is 4. The van der Waals surface area contributed by atoms with Crippen LogP contribution in [0.15, 0.2) is 53.7 Å². The predicted octanol–water partition coefficient (Wildman–Crippen LogP) is 5.20. The van der Waals surface area contributed by atoms with Crippen LogP contribution in [0.25, 0.3) is 11.3 Å². The summed E-state index contributed by atoms with van der Waals surface area (Å²) in [4.78, 5) is 8.83. The van der Waals surface area contributed by atoms with Crippen LogP contribution in [0.3, 0.4) is 0 Å². The minimum Gasteiger partial charge on any atom is -0.338 e. The van der Waals surface area contributed by atoms with Gasteiger partial charge in [-0.15, -0.1) is 0 Å². The molecule has 0 atom stereocenters. The fourth-order valence-electron chi connectivity index (χ4n) is 2.33. The zero-order chi connectivity index (χ0) is 17.1. The van der Waals surface area contributed by atoms with E-state index in [4.69, 9.17) is 0 Å². The summed E-state index contributed by atoms with van der Waals surface area (Å²) in [5, 5.41) is 3.53. The average molecular weight is 343 g/mol. The molecule has 0 aliphatic heterocycles. The largest absolute Gasteiger partial charge is 0.338 e. The van der Waals surface area contributed by atoms with Gasteiger partial charge in [-0.05, 0) is 49.1 Å². The lowest BCUT2D eigenvalue weighted by atomic mass is 10.1. The third kappa shape index (κ3) is 3.54. The molecule has 3 rings (SSSR count). The molecule has 0 aliphatic rings. The second-order valence-electron chi connectivity index (χ2n) is 5.19. The number of nitrogens with zero attached hydrogens (tertiary/aromatic N) is 2. The summed E-state index contributed by atoms with van der Waals surface area (Å²) in [7, 11) is 0. The molecule has 0 saturated heterocycles. The van der Waals surface area contributed by atoms with Crippen molar-refractivity contribution in [1.82, 2.24) is 9.97 Å². The van der Waals surface area contributed by atoms with E-state index < -0.39 is 0 Å². The SMILES string of the molecule is CSc1nc(Nc2ccccc2F)cc(-c2ccc(F)cc2C)n1. The standard InChI is InChI=1S/C18H15F2N3S/c1-11-9-12(19)7-8-13(11)16-10-17(23-18(22-16)24-2)21-15-6-4-3-5-14(15)20/h3-10H,1-2H3,(H,21,22,23). The van der Waals surface area contributed by atoms with Crippen molar-refractivity contribution in [2.24, 2.45) is 0 Å². The van der Waals surface area contributed by atoms with E-state index in [2.05, 4.69) is 15.3 Å². The van der Waals surface area contributed by atoms with Gasteiger partial charge in [0.15, 0.2) is 5.16 Å². The van der Waals surface area contributed by atoms with Gasteiger partial charge in [-0.3, -0.25) is 0 Å². The zero-order valence-electron chi connectivity index (χ0n) is 13.2. The van der Waals surface area contributed by atoms with Crippen molar-refractivity contribution in [2.75, 3.05) is 11.6 Å².